The Morgan fingerprint density at radius 3 is 2.92 bits per heavy atom. The molecule has 0 aliphatic carbocycles. The van der Waals surface area contributed by atoms with Crippen molar-refractivity contribution in [3.05, 3.63) is 42.5 Å². The Morgan fingerprint density at radius 1 is 1.23 bits per heavy atom. The van der Waals surface area contributed by atoms with Gasteiger partial charge in [0, 0.05) is 5.39 Å². The molecule has 0 aliphatic heterocycles. The lowest BCUT2D eigenvalue weighted by Crippen LogP contribution is -1.72. The molecule has 0 N–H and O–H groups in total. The van der Waals surface area contributed by atoms with Gasteiger partial charge in [-0.15, -0.1) is 0 Å². The zero-order chi connectivity index (χ0) is 9.10. The molecule has 0 saturated carbocycles. The van der Waals surface area contributed by atoms with Crippen LogP contribution in [0.25, 0.3) is 10.8 Å². The average molecular weight is 184 g/mol. The summed E-state index contributed by atoms with van der Waals surface area (Å²) in [7, 11) is 0. The molecular formula is C11H6NS. The fourth-order valence-electron chi connectivity index (χ4n) is 1.28. The van der Waals surface area contributed by atoms with Gasteiger partial charge in [0.1, 0.15) is 0 Å². The van der Waals surface area contributed by atoms with E-state index in [-0.39, 0.29) is 0 Å². The molecule has 1 nitrogen and oxygen atoms in total. The highest BCUT2D eigenvalue weighted by molar-refractivity contribution is 7.78. The molecule has 0 spiro atoms. The second kappa shape index (κ2) is 3.48. The molecule has 0 bridgehead atoms. The zero-order valence-electron chi connectivity index (χ0n) is 6.82. The molecule has 0 unspecified atom stereocenters. The molecule has 0 heterocycles. The summed E-state index contributed by atoms with van der Waals surface area (Å²) in [4.78, 5) is 3.98. The Bertz CT molecular complexity index is 479. The average Bonchev–Trinajstić information content (AvgIpc) is 2.19. The third-order valence-corrected chi connectivity index (χ3v) is 1.94. The van der Waals surface area contributed by atoms with Gasteiger partial charge in [-0.3, -0.25) is 0 Å². The summed E-state index contributed by atoms with van der Waals surface area (Å²) < 4.78 is 0. The van der Waals surface area contributed by atoms with Crippen LogP contribution in [0, 0.1) is 6.07 Å². The number of aliphatic imine (C=N–C) groups is 1. The number of hydrogen-bond acceptors (Lipinski definition) is 2. The van der Waals surface area contributed by atoms with E-state index in [4.69, 9.17) is 0 Å². The van der Waals surface area contributed by atoms with Gasteiger partial charge in [0.25, 0.3) is 0 Å². The van der Waals surface area contributed by atoms with Crippen LogP contribution in [0.1, 0.15) is 0 Å². The maximum atomic E-state index is 4.57. The number of benzene rings is 2. The van der Waals surface area contributed by atoms with Crippen molar-refractivity contribution in [2.24, 2.45) is 4.99 Å². The van der Waals surface area contributed by atoms with Crippen molar-refractivity contribution in [2.45, 2.75) is 0 Å². The Kier molecular flexibility index (Phi) is 2.17. The second-order valence-electron chi connectivity index (χ2n) is 2.61. The van der Waals surface area contributed by atoms with Crippen LogP contribution in [0.3, 0.4) is 0 Å². The van der Waals surface area contributed by atoms with Crippen molar-refractivity contribution in [1.82, 2.24) is 0 Å². The van der Waals surface area contributed by atoms with E-state index in [2.05, 4.69) is 28.4 Å². The molecule has 2 heteroatoms. The van der Waals surface area contributed by atoms with Gasteiger partial charge in [-0.05, 0) is 29.7 Å². The summed E-state index contributed by atoms with van der Waals surface area (Å²) in [6.45, 7) is 0. The number of rotatable bonds is 1. The van der Waals surface area contributed by atoms with Crippen molar-refractivity contribution >= 4 is 33.8 Å². The first-order valence-corrected chi connectivity index (χ1v) is 4.30. The monoisotopic (exact) mass is 184 g/mol. The van der Waals surface area contributed by atoms with Gasteiger partial charge >= 0.3 is 0 Å². The van der Waals surface area contributed by atoms with E-state index in [0.29, 0.717) is 0 Å². The molecular weight excluding hydrogens is 178 g/mol. The summed E-state index contributed by atoms with van der Waals surface area (Å²) in [6.07, 6.45) is 0. The molecule has 0 amide bonds. The van der Waals surface area contributed by atoms with E-state index in [1.807, 2.05) is 36.4 Å². The lowest BCUT2D eigenvalue weighted by Gasteiger charge is -1.98. The van der Waals surface area contributed by atoms with Crippen molar-refractivity contribution in [3.8, 4) is 0 Å². The van der Waals surface area contributed by atoms with Crippen LogP contribution >= 0.6 is 12.2 Å². The number of nitrogens with zero attached hydrogens (tertiary/aromatic N) is 1. The van der Waals surface area contributed by atoms with Crippen molar-refractivity contribution in [1.29, 1.82) is 0 Å². The van der Waals surface area contributed by atoms with E-state index in [1.165, 1.54) is 0 Å². The highest BCUT2D eigenvalue weighted by Gasteiger charge is 1.96. The third kappa shape index (κ3) is 1.50. The van der Waals surface area contributed by atoms with Crippen LogP contribution in [-0.2, 0) is 0 Å². The molecule has 0 aliphatic rings. The normalized spacial score (nSPS) is 9.54. The maximum Gasteiger partial charge on any atom is 0.0818 e. The Labute approximate surface area is 81.7 Å². The summed E-state index contributed by atoms with van der Waals surface area (Å²) in [5.41, 5.74) is 0.851. The third-order valence-electron chi connectivity index (χ3n) is 1.85. The lowest BCUT2D eigenvalue weighted by atomic mass is 10.1. The van der Waals surface area contributed by atoms with Crippen molar-refractivity contribution < 1.29 is 0 Å². The van der Waals surface area contributed by atoms with Crippen molar-refractivity contribution in [2.75, 3.05) is 0 Å². The quantitative estimate of drug-likeness (QED) is 0.489. The molecule has 0 saturated heterocycles. The highest BCUT2D eigenvalue weighted by atomic mass is 32.1. The predicted molar refractivity (Wildman–Crippen MR) is 57.5 cm³/mol. The fourth-order valence-corrected chi connectivity index (χ4v) is 1.38. The summed E-state index contributed by atoms with van der Waals surface area (Å²) >= 11 is 4.57. The van der Waals surface area contributed by atoms with E-state index in [1.54, 1.807) is 0 Å². The largest absolute Gasteiger partial charge is 0.194 e. The van der Waals surface area contributed by atoms with Crippen molar-refractivity contribution in [3.63, 3.8) is 0 Å². The van der Waals surface area contributed by atoms with Gasteiger partial charge in [0.05, 0.1) is 10.8 Å². The van der Waals surface area contributed by atoms with Crippen LogP contribution < -0.4 is 0 Å². The number of thiocarbonyl (C=S) groups is 1. The van der Waals surface area contributed by atoms with Gasteiger partial charge in [0.15, 0.2) is 0 Å². The first-order valence-electron chi connectivity index (χ1n) is 3.89. The lowest BCUT2D eigenvalue weighted by molar-refractivity contribution is 1.59. The second-order valence-corrected chi connectivity index (χ2v) is 2.79. The molecule has 13 heavy (non-hydrogen) atoms. The highest BCUT2D eigenvalue weighted by Crippen LogP contribution is 2.24. The smallest absolute Gasteiger partial charge is 0.0818 e. The van der Waals surface area contributed by atoms with E-state index in [9.17, 15) is 0 Å². The number of isothiocyanates is 1. The summed E-state index contributed by atoms with van der Waals surface area (Å²) in [5, 5.41) is 4.48. The molecule has 2 aromatic rings. The van der Waals surface area contributed by atoms with Gasteiger partial charge in [0.2, 0.25) is 0 Å². The van der Waals surface area contributed by atoms with Gasteiger partial charge in [-0.1, -0.05) is 30.3 Å². The van der Waals surface area contributed by atoms with Crippen LogP contribution in [0.4, 0.5) is 5.69 Å². The van der Waals surface area contributed by atoms with Gasteiger partial charge in [-0.25, -0.2) is 0 Å². The molecule has 0 aromatic heterocycles. The molecule has 0 fully saturated rings. The molecule has 0 atom stereocenters. The molecule has 1 radical (unpaired) electrons. The molecule has 61 valence electrons. The fraction of sp³-hybridized carbons (Fsp3) is 0. The Hall–Kier alpha value is -1.50. The number of hydrogen-bond donors (Lipinski definition) is 0. The minimum Gasteiger partial charge on any atom is -0.194 e. The van der Waals surface area contributed by atoms with Gasteiger partial charge in [-0.2, -0.15) is 4.99 Å². The SMILES string of the molecule is S=C=Nc1cc[c]c2ccccc12. The van der Waals surface area contributed by atoms with Gasteiger partial charge < -0.3 is 0 Å². The molecule has 2 aromatic carbocycles. The van der Waals surface area contributed by atoms with Crippen LogP contribution in [0.2, 0.25) is 0 Å². The number of fused-ring (bicyclic) bond motifs is 1. The minimum atomic E-state index is 0.851. The minimum absolute atomic E-state index is 0.851. The Balaban J connectivity index is 2.82. The van der Waals surface area contributed by atoms with Crippen LogP contribution in [0.5, 0.6) is 0 Å². The van der Waals surface area contributed by atoms with Crippen LogP contribution in [0.15, 0.2) is 41.4 Å². The van der Waals surface area contributed by atoms with E-state index >= 15 is 0 Å². The van der Waals surface area contributed by atoms with E-state index < -0.39 is 0 Å². The van der Waals surface area contributed by atoms with E-state index in [0.717, 1.165) is 16.5 Å². The predicted octanol–water partition coefficient (Wildman–Crippen LogP) is 3.37. The van der Waals surface area contributed by atoms with Crippen LogP contribution in [-0.4, -0.2) is 5.16 Å². The Morgan fingerprint density at radius 2 is 2.08 bits per heavy atom. The maximum absolute atomic E-state index is 4.57. The topological polar surface area (TPSA) is 12.4 Å². The zero-order valence-corrected chi connectivity index (χ0v) is 7.64. The molecule has 2 rings (SSSR count). The first kappa shape index (κ1) is 8.11. The summed E-state index contributed by atoms with van der Waals surface area (Å²) in [5.74, 6) is 0. The first-order chi connectivity index (χ1) is 6.42. The standard InChI is InChI=1S/C11H6NS/c13-8-12-11-7-3-5-9-4-1-2-6-10(9)11/h1-4,6-7H. The summed E-state index contributed by atoms with van der Waals surface area (Å²) in [6, 6.07) is 14.8.